The van der Waals surface area contributed by atoms with Gasteiger partial charge in [-0.2, -0.15) is 0 Å². The fourth-order valence-corrected chi connectivity index (χ4v) is 4.19. The molecule has 0 atom stereocenters. The number of nitrogens with zero attached hydrogens (tertiary/aromatic N) is 2. The van der Waals surface area contributed by atoms with E-state index < -0.39 is 10.0 Å². The van der Waals surface area contributed by atoms with Gasteiger partial charge >= 0.3 is 0 Å². The van der Waals surface area contributed by atoms with Crippen LogP contribution in [0.1, 0.15) is 12.5 Å². The number of rotatable bonds is 4. The molecule has 0 fully saturated rings. The minimum absolute atomic E-state index is 0.00183. The lowest BCUT2D eigenvalue weighted by atomic mass is 10.2. The second-order valence-electron chi connectivity index (χ2n) is 4.49. The number of para-hydroxylation sites is 1. The molecule has 5 nitrogen and oxygen atoms in total. The Morgan fingerprint density at radius 1 is 1.33 bits per heavy atom. The van der Waals surface area contributed by atoms with E-state index in [0.29, 0.717) is 16.7 Å². The Morgan fingerprint density at radius 2 is 2.00 bits per heavy atom. The van der Waals surface area contributed by atoms with Crippen molar-refractivity contribution < 1.29 is 8.42 Å². The van der Waals surface area contributed by atoms with Gasteiger partial charge in [0.15, 0.2) is 0 Å². The molecule has 0 amide bonds. The maximum Gasteiger partial charge on any atom is 0.268 e. The molecule has 0 saturated carbocycles. The number of hydrogen-bond acceptors (Lipinski definition) is 4. The molecule has 0 bridgehead atoms. The average Bonchev–Trinajstić information content (AvgIpc) is 2.44. The van der Waals surface area contributed by atoms with Crippen LogP contribution in [0.4, 0.5) is 11.5 Å². The zero-order chi connectivity index (χ0) is 15.6. The Hall–Kier alpha value is -1.60. The Kier molecular flexibility index (Phi) is 4.53. The first-order valence-corrected chi connectivity index (χ1v) is 8.60. The van der Waals surface area contributed by atoms with Gasteiger partial charge in [0.25, 0.3) is 10.0 Å². The fraction of sp³-hybridized carbons (Fsp3) is 0.214. The van der Waals surface area contributed by atoms with Crippen LogP contribution >= 0.6 is 15.9 Å². The standard InChI is InChI=1S/C14H16BrN3O2S/c1-3-18(12-7-5-4-6-10(12)2)21(19,20)13-8-11(15)9-17-14(13)16/h4-9H,3H2,1-2H3,(H2,16,17). The highest BCUT2D eigenvalue weighted by molar-refractivity contribution is 9.10. The second kappa shape index (κ2) is 6.03. The number of anilines is 2. The zero-order valence-electron chi connectivity index (χ0n) is 11.7. The first-order chi connectivity index (χ1) is 9.87. The molecule has 0 spiro atoms. The molecule has 0 aliphatic heterocycles. The van der Waals surface area contributed by atoms with Crippen molar-refractivity contribution in [3.8, 4) is 0 Å². The van der Waals surface area contributed by atoms with Crippen molar-refractivity contribution in [1.82, 2.24) is 4.98 Å². The summed E-state index contributed by atoms with van der Waals surface area (Å²) in [5.74, 6) is -0.00904. The molecule has 2 rings (SSSR count). The number of sulfonamides is 1. The van der Waals surface area contributed by atoms with Crippen LogP contribution in [0.5, 0.6) is 0 Å². The molecule has 7 heteroatoms. The molecule has 0 saturated heterocycles. The summed E-state index contributed by atoms with van der Waals surface area (Å²) >= 11 is 3.23. The Morgan fingerprint density at radius 3 is 2.62 bits per heavy atom. The van der Waals surface area contributed by atoms with Gasteiger partial charge in [-0.15, -0.1) is 0 Å². The molecule has 1 heterocycles. The summed E-state index contributed by atoms with van der Waals surface area (Å²) in [5.41, 5.74) is 7.26. The van der Waals surface area contributed by atoms with Crippen LogP contribution in [-0.4, -0.2) is 19.9 Å². The molecule has 2 N–H and O–H groups in total. The summed E-state index contributed by atoms with van der Waals surface area (Å²) in [6.45, 7) is 3.96. The van der Waals surface area contributed by atoms with Crippen LogP contribution in [0, 0.1) is 6.92 Å². The summed E-state index contributed by atoms with van der Waals surface area (Å²) in [5, 5.41) is 0. The predicted octanol–water partition coefficient (Wildman–Crippen LogP) is 2.95. The summed E-state index contributed by atoms with van der Waals surface area (Å²) in [6, 6.07) is 8.80. The minimum Gasteiger partial charge on any atom is -0.383 e. The van der Waals surface area contributed by atoms with Crippen molar-refractivity contribution in [2.24, 2.45) is 0 Å². The summed E-state index contributed by atoms with van der Waals surface area (Å²) in [4.78, 5) is 3.90. The third kappa shape index (κ3) is 3.03. The van der Waals surface area contributed by atoms with Gasteiger partial charge in [0, 0.05) is 17.2 Å². The Balaban J connectivity index is 2.61. The predicted molar refractivity (Wildman–Crippen MR) is 87.7 cm³/mol. The fourth-order valence-electron chi connectivity index (χ4n) is 2.07. The highest BCUT2D eigenvalue weighted by Gasteiger charge is 2.27. The molecule has 1 aromatic heterocycles. The van der Waals surface area contributed by atoms with E-state index in [0.717, 1.165) is 5.56 Å². The van der Waals surface area contributed by atoms with Crippen LogP contribution in [0.2, 0.25) is 0 Å². The SMILES string of the molecule is CCN(c1ccccc1C)S(=O)(=O)c1cc(Br)cnc1N. The lowest BCUT2D eigenvalue weighted by Crippen LogP contribution is -2.32. The van der Waals surface area contributed by atoms with E-state index >= 15 is 0 Å². The molecule has 0 aliphatic rings. The summed E-state index contributed by atoms with van der Waals surface area (Å²) in [6.07, 6.45) is 1.47. The quantitative estimate of drug-likeness (QED) is 0.898. The van der Waals surface area contributed by atoms with Gasteiger partial charge < -0.3 is 5.73 Å². The third-order valence-electron chi connectivity index (χ3n) is 3.09. The van der Waals surface area contributed by atoms with Crippen molar-refractivity contribution >= 4 is 37.5 Å². The normalized spacial score (nSPS) is 11.4. The van der Waals surface area contributed by atoms with E-state index in [9.17, 15) is 8.42 Å². The number of nitrogen functional groups attached to an aromatic ring is 1. The average molecular weight is 370 g/mol. The van der Waals surface area contributed by atoms with Crippen molar-refractivity contribution in [2.45, 2.75) is 18.7 Å². The first-order valence-electron chi connectivity index (χ1n) is 6.37. The highest BCUT2D eigenvalue weighted by atomic mass is 79.9. The first kappa shape index (κ1) is 15.8. The van der Waals surface area contributed by atoms with Gasteiger partial charge in [-0.25, -0.2) is 13.4 Å². The summed E-state index contributed by atoms with van der Waals surface area (Å²) < 4.78 is 27.6. The molecule has 0 radical (unpaired) electrons. The van der Waals surface area contributed by atoms with E-state index in [1.807, 2.05) is 25.1 Å². The van der Waals surface area contributed by atoms with E-state index in [1.54, 1.807) is 13.0 Å². The number of nitrogens with two attached hydrogens (primary N) is 1. The smallest absolute Gasteiger partial charge is 0.268 e. The molecule has 0 aliphatic carbocycles. The van der Waals surface area contributed by atoms with Crippen molar-refractivity contribution in [3.63, 3.8) is 0 Å². The van der Waals surface area contributed by atoms with Gasteiger partial charge in [-0.05, 0) is 47.5 Å². The number of benzene rings is 1. The number of halogens is 1. The molecule has 1 aromatic carbocycles. The van der Waals surface area contributed by atoms with Crippen LogP contribution in [0.3, 0.4) is 0 Å². The second-order valence-corrected chi connectivity index (χ2v) is 7.24. The molecule has 2 aromatic rings. The van der Waals surface area contributed by atoms with E-state index in [2.05, 4.69) is 20.9 Å². The monoisotopic (exact) mass is 369 g/mol. The topological polar surface area (TPSA) is 76.3 Å². The number of aryl methyl sites for hydroxylation is 1. The van der Waals surface area contributed by atoms with Gasteiger partial charge in [0.05, 0.1) is 5.69 Å². The minimum atomic E-state index is -3.76. The van der Waals surface area contributed by atoms with Gasteiger partial charge in [0.1, 0.15) is 10.7 Å². The largest absolute Gasteiger partial charge is 0.383 e. The molecular formula is C14H16BrN3O2S. The van der Waals surface area contributed by atoms with E-state index in [-0.39, 0.29) is 10.7 Å². The van der Waals surface area contributed by atoms with E-state index in [4.69, 9.17) is 5.73 Å². The molecule has 21 heavy (non-hydrogen) atoms. The van der Waals surface area contributed by atoms with E-state index in [1.165, 1.54) is 16.6 Å². The number of hydrogen-bond donors (Lipinski definition) is 1. The number of aromatic nitrogens is 1. The van der Waals surface area contributed by atoms with Gasteiger partial charge in [-0.1, -0.05) is 18.2 Å². The van der Waals surface area contributed by atoms with Crippen molar-refractivity contribution in [3.05, 3.63) is 46.6 Å². The van der Waals surface area contributed by atoms with Crippen LogP contribution in [0.15, 0.2) is 45.9 Å². The van der Waals surface area contributed by atoms with Gasteiger partial charge in [-0.3, -0.25) is 4.31 Å². The third-order valence-corrected chi connectivity index (χ3v) is 5.44. The maximum atomic E-state index is 12.9. The molecule has 0 unspecified atom stereocenters. The summed E-state index contributed by atoms with van der Waals surface area (Å²) in [7, 11) is -3.76. The Labute approximate surface area is 133 Å². The molecular weight excluding hydrogens is 354 g/mol. The van der Waals surface area contributed by atoms with Crippen molar-refractivity contribution in [2.75, 3.05) is 16.6 Å². The van der Waals surface area contributed by atoms with Crippen LogP contribution in [0.25, 0.3) is 0 Å². The number of pyridine rings is 1. The van der Waals surface area contributed by atoms with Gasteiger partial charge in [0.2, 0.25) is 0 Å². The highest BCUT2D eigenvalue weighted by Crippen LogP contribution is 2.29. The van der Waals surface area contributed by atoms with Crippen LogP contribution in [-0.2, 0) is 10.0 Å². The van der Waals surface area contributed by atoms with Crippen LogP contribution < -0.4 is 10.0 Å². The molecule has 112 valence electrons. The maximum absolute atomic E-state index is 12.9. The Bertz CT molecular complexity index is 763. The van der Waals surface area contributed by atoms with Crippen molar-refractivity contribution in [1.29, 1.82) is 0 Å². The zero-order valence-corrected chi connectivity index (χ0v) is 14.1. The lowest BCUT2D eigenvalue weighted by Gasteiger charge is -2.25. The lowest BCUT2D eigenvalue weighted by molar-refractivity contribution is 0.591.